The molecule has 0 N–H and O–H groups in total. The SMILES string of the molecule is COc1ccc(S(=O)(=O)N2CCN(Cc3ccccc3)CC2)cc1-c1noc(C2CCCCC2)n1. The first-order chi connectivity index (χ1) is 17.0. The number of hydrogen-bond donors (Lipinski definition) is 0. The molecule has 2 aromatic carbocycles. The summed E-state index contributed by atoms with van der Waals surface area (Å²) in [6.07, 6.45) is 5.66. The summed E-state index contributed by atoms with van der Waals surface area (Å²) in [5, 5.41) is 4.17. The van der Waals surface area contributed by atoms with Gasteiger partial charge in [0.05, 0.1) is 17.6 Å². The third-order valence-electron chi connectivity index (χ3n) is 7.03. The molecule has 186 valence electrons. The van der Waals surface area contributed by atoms with E-state index in [1.54, 1.807) is 29.6 Å². The highest BCUT2D eigenvalue weighted by Gasteiger charge is 2.30. The molecule has 35 heavy (non-hydrogen) atoms. The van der Waals surface area contributed by atoms with Crippen LogP contribution in [0.5, 0.6) is 5.75 Å². The predicted molar refractivity (Wildman–Crippen MR) is 133 cm³/mol. The van der Waals surface area contributed by atoms with Gasteiger partial charge in [0, 0.05) is 38.6 Å². The summed E-state index contributed by atoms with van der Waals surface area (Å²) in [7, 11) is -2.11. The molecule has 8 nitrogen and oxygen atoms in total. The summed E-state index contributed by atoms with van der Waals surface area (Å²) in [6.45, 7) is 3.09. The second kappa shape index (κ2) is 10.5. The molecule has 0 unspecified atom stereocenters. The topological polar surface area (TPSA) is 88.8 Å². The van der Waals surface area contributed by atoms with Crippen LogP contribution in [0.1, 0.15) is 49.5 Å². The number of nitrogens with zero attached hydrogens (tertiary/aromatic N) is 4. The Balaban J connectivity index is 1.32. The standard InChI is InChI=1S/C26H32N4O4S/c1-33-24-13-12-22(18-23(24)25-27-26(34-28-25)21-10-6-3-7-11-21)35(31,32)30-16-14-29(15-17-30)19-20-8-4-2-5-9-20/h2,4-5,8-9,12-13,18,21H,3,6-7,10-11,14-17,19H2,1H3. The molecule has 1 aliphatic carbocycles. The number of methoxy groups -OCH3 is 1. The van der Waals surface area contributed by atoms with Crippen LogP contribution in [0.3, 0.4) is 0 Å². The quantitative estimate of drug-likeness (QED) is 0.482. The van der Waals surface area contributed by atoms with Crippen molar-refractivity contribution in [1.29, 1.82) is 0 Å². The lowest BCUT2D eigenvalue weighted by Crippen LogP contribution is -2.48. The molecule has 2 heterocycles. The highest BCUT2D eigenvalue weighted by atomic mass is 32.2. The van der Waals surface area contributed by atoms with E-state index in [1.165, 1.54) is 12.0 Å². The minimum Gasteiger partial charge on any atom is -0.496 e. The van der Waals surface area contributed by atoms with Gasteiger partial charge in [-0.15, -0.1) is 0 Å². The monoisotopic (exact) mass is 496 g/mol. The van der Waals surface area contributed by atoms with Crippen molar-refractivity contribution in [3.05, 3.63) is 60.0 Å². The Morgan fingerprint density at radius 1 is 1.00 bits per heavy atom. The average Bonchev–Trinajstić information content (AvgIpc) is 3.40. The van der Waals surface area contributed by atoms with Crippen molar-refractivity contribution in [2.75, 3.05) is 33.3 Å². The molecule has 0 spiro atoms. The van der Waals surface area contributed by atoms with Crippen LogP contribution in [0.25, 0.3) is 11.4 Å². The van der Waals surface area contributed by atoms with Gasteiger partial charge in [0.1, 0.15) is 5.75 Å². The minimum absolute atomic E-state index is 0.217. The lowest BCUT2D eigenvalue weighted by Gasteiger charge is -2.34. The van der Waals surface area contributed by atoms with Gasteiger partial charge in [-0.25, -0.2) is 8.42 Å². The predicted octanol–water partition coefficient (Wildman–Crippen LogP) is 4.30. The van der Waals surface area contributed by atoms with Crippen molar-refractivity contribution >= 4 is 10.0 Å². The third-order valence-corrected chi connectivity index (χ3v) is 8.92. The van der Waals surface area contributed by atoms with E-state index in [-0.39, 0.29) is 10.8 Å². The number of benzene rings is 2. The lowest BCUT2D eigenvalue weighted by molar-refractivity contribution is 0.181. The second-order valence-electron chi connectivity index (χ2n) is 9.32. The number of aromatic nitrogens is 2. The summed E-state index contributed by atoms with van der Waals surface area (Å²) in [6, 6.07) is 15.1. The van der Waals surface area contributed by atoms with E-state index in [2.05, 4.69) is 27.2 Å². The van der Waals surface area contributed by atoms with Crippen LogP contribution in [0.4, 0.5) is 0 Å². The maximum Gasteiger partial charge on any atom is 0.243 e. The largest absolute Gasteiger partial charge is 0.496 e. The first-order valence-electron chi connectivity index (χ1n) is 12.3. The molecule has 1 aliphatic heterocycles. The van der Waals surface area contributed by atoms with Gasteiger partial charge < -0.3 is 9.26 Å². The van der Waals surface area contributed by atoms with Gasteiger partial charge in [-0.1, -0.05) is 54.8 Å². The molecule has 0 atom stereocenters. The molecule has 0 bridgehead atoms. The van der Waals surface area contributed by atoms with Crippen LogP contribution in [-0.4, -0.2) is 61.1 Å². The molecule has 1 saturated carbocycles. The molecule has 1 saturated heterocycles. The van der Waals surface area contributed by atoms with E-state index < -0.39 is 10.0 Å². The van der Waals surface area contributed by atoms with E-state index in [1.807, 2.05) is 18.2 Å². The molecular formula is C26H32N4O4S. The fourth-order valence-electron chi connectivity index (χ4n) is 5.00. The average molecular weight is 497 g/mol. The third kappa shape index (κ3) is 5.27. The number of hydrogen-bond acceptors (Lipinski definition) is 7. The first kappa shape index (κ1) is 24.0. The zero-order chi connectivity index (χ0) is 24.3. The normalized spacial score (nSPS) is 18.5. The van der Waals surface area contributed by atoms with Gasteiger partial charge in [0.2, 0.25) is 21.7 Å². The molecule has 0 radical (unpaired) electrons. The van der Waals surface area contributed by atoms with Crippen LogP contribution in [0.2, 0.25) is 0 Å². The van der Waals surface area contributed by atoms with E-state index in [0.717, 1.165) is 32.2 Å². The van der Waals surface area contributed by atoms with Gasteiger partial charge in [0.25, 0.3) is 0 Å². The highest BCUT2D eigenvalue weighted by Crippen LogP contribution is 2.35. The smallest absolute Gasteiger partial charge is 0.243 e. The van der Waals surface area contributed by atoms with Crippen molar-refractivity contribution in [3.63, 3.8) is 0 Å². The molecule has 2 fully saturated rings. The van der Waals surface area contributed by atoms with Crippen LogP contribution in [0.15, 0.2) is 57.9 Å². The molecule has 0 amide bonds. The Labute approximate surface area is 206 Å². The number of rotatable bonds is 7. The Bertz CT molecular complexity index is 1230. The van der Waals surface area contributed by atoms with Crippen molar-refractivity contribution in [3.8, 4) is 17.1 Å². The molecule has 1 aromatic heterocycles. The summed E-state index contributed by atoms with van der Waals surface area (Å²) >= 11 is 0. The first-order valence-corrected chi connectivity index (χ1v) is 13.8. The van der Waals surface area contributed by atoms with Crippen molar-refractivity contribution in [1.82, 2.24) is 19.3 Å². The number of ether oxygens (including phenoxy) is 1. The van der Waals surface area contributed by atoms with Gasteiger partial charge in [-0.05, 0) is 36.6 Å². The van der Waals surface area contributed by atoms with E-state index >= 15 is 0 Å². The van der Waals surface area contributed by atoms with Crippen molar-refractivity contribution in [2.24, 2.45) is 0 Å². The second-order valence-corrected chi connectivity index (χ2v) is 11.3. The van der Waals surface area contributed by atoms with Gasteiger partial charge >= 0.3 is 0 Å². The molecule has 9 heteroatoms. The Hall–Kier alpha value is -2.75. The summed E-state index contributed by atoms with van der Waals surface area (Å²) in [4.78, 5) is 7.13. The molecule has 2 aliphatic rings. The summed E-state index contributed by atoms with van der Waals surface area (Å²) < 4.78 is 39.6. The van der Waals surface area contributed by atoms with Crippen LogP contribution >= 0.6 is 0 Å². The maximum absolute atomic E-state index is 13.5. The summed E-state index contributed by atoms with van der Waals surface area (Å²) in [5.74, 6) is 1.79. The van der Waals surface area contributed by atoms with Crippen molar-refractivity contribution < 1.29 is 17.7 Å². The van der Waals surface area contributed by atoms with Gasteiger partial charge in [0.15, 0.2) is 0 Å². The Morgan fingerprint density at radius 2 is 1.74 bits per heavy atom. The maximum atomic E-state index is 13.5. The van der Waals surface area contributed by atoms with Crippen LogP contribution in [0, 0.1) is 0 Å². The van der Waals surface area contributed by atoms with Crippen LogP contribution < -0.4 is 4.74 Å². The zero-order valence-electron chi connectivity index (χ0n) is 20.1. The fourth-order valence-corrected chi connectivity index (χ4v) is 6.45. The highest BCUT2D eigenvalue weighted by molar-refractivity contribution is 7.89. The Kier molecular flexibility index (Phi) is 7.17. The van der Waals surface area contributed by atoms with Gasteiger partial charge in [-0.3, -0.25) is 4.90 Å². The Morgan fingerprint density at radius 3 is 2.46 bits per heavy atom. The number of sulfonamides is 1. The van der Waals surface area contributed by atoms with Gasteiger partial charge in [-0.2, -0.15) is 9.29 Å². The fraction of sp³-hybridized carbons (Fsp3) is 0.462. The zero-order valence-corrected chi connectivity index (χ0v) is 20.9. The summed E-state index contributed by atoms with van der Waals surface area (Å²) in [5.41, 5.74) is 1.76. The molecule has 3 aromatic rings. The lowest BCUT2D eigenvalue weighted by atomic mass is 9.89. The molecule has 5 rings (SSSR count). The molecular weight excluding hydrogens is 464 g/mol. The van der Waals surface area contributed by atoms with Crippen molar-refractivity contribution in [2.45, 2.75) is 49.5 Å². The van der Waals surface area contributed by atoms with E-state index in [4.69, 9.17) is 9.26 Å². The minimum atomic E-state index is -3.66. The number of piperazine rings is 1. The van der Waals surface area contributed by atoms with E-state index in [9.17, 15) is 8.42 Å². The van der Waals surface area contributed by atoms with Crippen LogP contribution in [-0.2, 0) is 16.6 Å². The van der Waals surface area contributed by atoms with E-state index in [0.29, 0.717) is 49.2 Å².